The van der Waals surface area contributed by atoms with Gasteiger partial charge in [0.05, 0.1) is 20.3 Å². The van der Waals surface area contributed by atoms with Crippen LogP contribution < -0.4 is 0 Å². The molecule has 1 heterocycles. The molecule has 1 saturated heterocycles. The first-order chi connectivity index (χ1) is 10.1. The number of morpholine rings is 1. The molecule has 5 heteroatoms. The summed E-state index contributed by atoms with van der Waals surface area (Å²) >= 11 is 0. The van der Waals surface area contributed by atoms with Crippen LogP contribution in [0.2, 0.25) is 0 Å². The number of aryl methyl sites for hydroxylation is 1. The highest BCUT2D eigenvalue weighted by atomic mass is 16.6. The molecule has 0 spiro atoms. The Kier molecular flexibility index (Phi) is 5.11. The van der Waals surface area contributed by atoms with Gasteiger partial charge in [0.25, 0.3) is 0 Å². The molecule has 21 heavy (non-hydrogen) atoms. The lowest BCUT2D eigenvalue weighted by Gasteiger charge is -2.30. The molecular formula is C16H19NO4. The normalized spacial score (nSPS) is 18.8. The molecule has 1 atom stereocenters. The Morgan fingerprint density at radius 2 is 2.24 bits per heavy atom. The van der Waals surface area contributed by atoms with Crippen molar-refractivity contribution in [3.63, 3.8) is 0 Å². The van der Waals surface area contributed by atoms with Crippen LogP contribution in [0.1, 0.15) is 11.1 Å². The summed E-state index contributed by atoms with van der Waals surface area (Å²) in [5, 5.41) is 0. The minimum atomic E-state index is -0.694. The van der Waals surface area contributed by atoms with E-state index in [1.807, 2.05) is 31.2 Å². The molecule has 0 bridgehead atoms. The Morgan fingerprint density at radius 3 is 2.95 bits per heavy atom. The molecule has 1 unspecified atom stereocenters. The predicted molar refractivity (Wildman–Crippen MR) is 78.5 cm³/mol. The first-order valence-corrected chi connectivity index (χ1v) is 6.83. The Morgan fingerprint density at radius 1 is 1.43 bits per heavy atom. The van der Waals surface area contributed by atoms with Crippen LogP contribution in [0.4, 0.5) is 0 Å². The number of benzene rings is 1. The van der Waals surface area contributed by atoms with Crippen LogP contribution >= 0.6 is 0 Å². The van der Waals surface area contributed by atoms with E-state index in [1.54, 1.807) is 11.0 Å². The van der Waals surface area contributed by atoms with E-state index >= 15 is 0 Å². The summed E-state index contributed by atoms with van der Waals surface area (Å²) < 4.78 is 9.94. The van der Waals surface area contributed by atoms with Crippen molar-refractivity contribution in [2.24, 2.45) is 0 Å². The van der Waals surface area contributed by atoms with Gasteiger partial charge in [-0.2, -0.15) is 0 Å². The largest absolute Gasteiger partial charge is 0.467 e. The maximum Gasteiger partial charge on any atom is 0.336 e. The molecule has 0 radical (unpaired) electrons. The lowest BCUT2D eigenvalue weighted by atomic mass is 10.1. The zero-order valence-corrected chi connectivity index (χ0v) is 12.2. The zero-order chi connectivity index (χ0) is 15.2. The Bertz CT molecular complexity index is 553. The monoisotopic (exact) mass is 289 g/mol. The lowest BCUT2D eigenvalue weighted by Crippen LogP contribution is -2.48. The second kappa shape index (κ2) is 7.04. The molecule has 112 valence electrons. The van der Waals surface area contributed by atoms with E-state index in [-0.39, 0.29) is 12.5 Å². The average Bonchev–Trinajstić information content (AvgIpc) is 2.52. The van der Waals surface area contributed by atoms with Crippen molar-refractivity contribution in [1.82, 2.24) is 4.90 Å². The van der Waals surface area contributed by atoms with E-state index in [0.717, 1.165) is 11.1 Å². The van der Waals surface area contributed by atoms with Crippen LogP contribution in [0.5, 0.6) is 0 Å². The van der Waals surface area contributed by atoms with Crippen LogP contribution in [0.25, 0.3) is 6.08 Å². The van der Waals surface area contributed by atoms with Gasteiger partial charge in [0.15, 0.2) is 6.10 Å². The van der Waals surface area contributed by atoms with E-state index in [2.05, 4.69) is 4.74 Å². The quantitative estimate of drug-likeness (QED) is 0.623. The molecule has 2 rings (SSSR count). The van der Waals surface area contributed by atoms with Crippen molar-refractivity contribution >= 4 is 18.0 Å². The molecule has 1 amide bonds. The Labute approximate surface area is 124 Å². The van der Waals surface area contributed by atoms with Gasteiger partial charge in [0, 0.05) is 12.6 Å². The number of hydrogen-bond donors (Lipinski definition) is 0. The van der Waals surface area contributed by atoms with E-state index in [9.17, 15) is 9.59 Å². The van der Waals surface area contributed by atoms with Gasteiger partial charge in [-0.15, -0.1) is 0 Å². The Balaban J connectivity index is 1.98. The summed E-state index contributed by atoms with van der Waals surface area (Å²) in [6.45, 7) is 3.04. The fourth-order valence-corrected chi connectivity index (χ4v) is 2.17. The molecule has 1 fully saturated rings. The van der Waals surface area contributed by atoms with Gasteiger partial charge in [-0.3, -0.25) is 4.79 Å². The molecule has 0 aromatic heterocycles. The van der Waals surface area contributed by atoms with E-state index in [0.29, 0.717) is 13.2 Å². The van der Waals surface area contributed by atoms with E-state index in [4.69, 9.17) is 4.74 Å². The summed E-state index contributed by atoms with van der Waals surface area (Å²) in [4.78, 5) is 25.2. The van der Waals surface area contributed by atoms with E-state index in [1.165, 1.54) is 13.2 Å². The first-order valence-electron chi connectivity index (χ1n) is 6.83. The van der Waals surface area contributed by atoms with Gasteiger partial charge in [0.2, 0.25) is 5.91 Å². The van der Waals surface area contributed by atoms with Crippen molar-refractivity contribution in [3.05, 3.63) is 41.5 Å². The minimum absolute atomic E-state index is 0.131. The van der Waals surface area contributed by atoms with Crippen molar-refractivity contribution in [2.45, 2.75) is 13.0 Å². The fourth-order valence-electron chi connectivity index (χ4n) is 2.17. The number of rotatable bonds is 3. The number of methoxy groups -OCH3 is 1. The zero-order valence-electron chi connectivity index (χ0n) is 12.2. The van der Waals surface area contributed by atoms with Gasteiger partial charge in [-0.25, -0.2) is 4.79 Å². The third-order valence-electron chi connectivity index (χ3n) is 3.30. The molecular weight excluding hydrogens is 270 g/mol. The van der Waals surface area contributed by atoms with E-state index < -0.39 is 12.1 Å². The summed E-state index contributed by atoms with van der Waals surface area (Å²) in [5.41, 5.74) is 2.11. The fraction of sp³-hybridized carbons (Fsp3) is 0.375. The maximum absolute atomic E-state index is 12.1. The first kappa shape index (κ1) is 15.3. The molecule has 1 aromatic rings. The number of esters is 1. The third kappa shape index (κ3) is 4.16. The van der Waals surface area contributed by atoms with Crippen LogP contribution in [-0.4, -0.2) is 49.7 Å². The summed E-state index contributed by atoms with van der Waals surface area (Å²) in [5.74, 6) is -0.580. The van der Waals surface area contributed by atoms with Crippen molar-refractivity contribution in [1.29, 1.82) is 0 Å². The standard InChI is InChI=1S/C16H19NO4/c1-12-4-3-5-13(10-12)6-7-15(18)17-8-9-21-14(11-17)16(19)20-2/h3-7,10,14H,8-9,11H2,1-2H3/b7-6+. The summed E-state index contributed by atoms with van der Waals surface area (Å²) in [6, 6.07) is 7.89. The van der Waals surface area contributed by atoms with Gasteiger partial charge >= 0.3 is 5.97 Å². The highest BCUT2D eigenvalue weighted by Gasteiger charge is 2.28. The van der Waals surface area contributed by atoms with Crippen molar-refractivity contribution in [3.8, 4) is 0 Å². The maximum atomic E-state index is 12.1. The Hall–Kier alpha value is -2.14. The second-order valence-corrected chi connectivity index (χ2v) is 4.91. The number of ether oxygens (including phenoxy) is 2. The molecule has 5 nitrogen and oxygen atoms in total. The SMILES string of the molecule is COC(=O)C1CN(C(=O)/C=C/c2cccc(C)c2)CCO1. The van der Waals surface area contributed by atoms with Crippen molar-refractivity contribution < 1.29 is 19.1 Å². The number of carbonyl (C=O) groups excluding carboxylic acids is 2. The third-order valence-corrected chi connectivity index (χ3v) is 3.30. The lowest BCUT2D eigenvalue weighted by molar-refractivity contribution is -0.161. The molecule has 1 aliphatic heterocycles. The summed E-state index contributed by atoms with van der Waals surface area (Å²) in [6.07, 6.45) is 2.60. The minimum Gasteiger partial charge on any atom is -0.467 e. The van der Waals surface area contributed by atoms with Gasteiger partial charge < -0.3 is 14.4 Å². The number of nitrogens with zero attached hydrogens (tertiary/aromatic N) is 1. The van der Waals surface area contributed by atoms with Gasteiger partial charge in [-0.05, 0) is 18.6 Å². The molecule has 0 N–H and O–H groups in total. The number of carbonyl (C=O) groups is 2. The molecule has 0 saturated carbocycles. The topological polar surface area (TPSA) is 55.8 Å². The average molecular weight is 289 g/mol. The van der Waals surface area contributed by atoms with Gasteiger partial charge in [0.1, 0.15) is 0 Å². The summed E-state index contributed by atoms with van der Waals surface area (Å²) in [7, 11) is 1.31. The molecule has 1 aromatic carbocycles. The van der Waals surface area contributed by atoms with Crippen LogP contribution in [0.15, 0.2) is 30.3 Å². The van der Waals surface area contributed by atoms with Crippen LogP contribution in [0, 0.1) is 6.92 Å². The predicted octanol–water partition coefficient (Wildman–Crippen LogP) is 1.41. The highest BCUT2D eigenvalue weighted by Crippen LogP contribution is 2.10. The molecule has 0 aliphatic carbocycles. The van der Waals surface area contributed by atoms with Crippen LogP contribution in [-0.2, 0) is 19.1 Å². The highest BCUT2D eigenvalue weighted by molar-refractivity contribution is 5.92. The molecule has 1 aliphatic rings. The smallest absolute Gasteiger partial charge is 0.336 e. The number of amides is 1. The second-order valence-electron chi connectivity index (χ2n) is 4.91. The van der Waals surface area contributed by atoms with Crippen molar-refractivity contribution in [2.75, 3.05) is 26.8 Å². The number of hydrogen-bond acceptors (Lipinski definition) is 4. The van der Waals surface area contributed by atoms with Gasteiger partial charge in [-0.1, -0.05) is 29.8 Å². The van der Waals surface area contributed by atoms with Crippen LogP contribution in [0.3, 0.4) is 0 Å².